The number of aromatic nitrogens is 4. The number of hydrogen-bond acceptors (Lipinski definition) is 7. The van der Waals surface area contributed by atoms with E-state index in [9.17, 15) is 0 Å². The maximum absolute atomic E-state index is 9.11. The van der Waals surface area contributed by atoms with Crippen LogP contribution in [0.15, 0.2) is 30.7 Å². The summed E-state index contributed by atoms with van der Waals surface area (Å²) >= 11 is 0. The number of nitrogen functional groups attached to an aromatic ring is 1. The molecule has 3 aromatic rings. The fraction of sp³-hybridized carbons (Fsp3) is 0.294. The molecule has 8 nitrogen and oxygen atoms in total. The van der Waals surface area contributed by atoms with Crippen LogP contribution < -0.4 is 11.1 Å². The SMILES string of the molecule is N#Cc1ccn2ncc(-c3ncc(N)c(NC4CCOCC4)n3)c2c1. The number of nitriles is 1. The van der Waals surface area contributed by atoms with Gasteiger partial charge in [0.25, 0.3) is 0 Å². The lowest BCUT2D eigenvalue weighted by Gasteiger charge is -2.24. The van der Waals surface area contributed by atoms with E-state index in [0.29, 0.717) is 22.9 Å². The number of nitrogens with one attached hydrogen (secondary N) is 1. The summed E-state index contributed by atoms with van der Waals surface area (Å²) < 4.78 is 7.07. The van der Waals surface area contributed by atoms with E-state index in [0.717, 1.165) is 37.1 Å². The summed E-state index contributed by atoms with van der Waals surface area (Å²) in [5, 5.41) is 16.8. The second kappa shape index (κ2) is 6.37. The predicted octanol–water partition coefficient (Wildman–Crippen LogP) is 1.84. The van der Waals surface area contributed by atoms with Gasteiger partial charge < -0.3 is 15.8 Å². The van der Waals surface area contributed by atoms with E-state index in [1.165, 1.54) is 0 Å². The summed E-state index contributed by atoms with van der Waals surface area (Å²) in [5.74, 6) is 1.14. The second-order valence-corrected chi connectivity index (χ2v) is 5.94. The summed E-state index contributed by atoms with van der Waals surface area (Å²) in [7, 11) is 0. The van der Waals surface area contributed by atoms with E-state index in [-0.39, 0.29) is 6.04 Å². The van der Waals surface area contributed by atoms with Crippen LogP contribution >= 0.6 is 0 Å². The predicted molar refractivity (Wildman–Crippen MR) is 92.8 cm³/mol. The van der Waals surface area contributed by atoms with Gasteiger partial charge in [-0.2, -0.15) is 10.4 Å². The van der Waals surface area contributed by atoms with Crippen molar-refractivity contribution in [3.63, 3.8) is 0 Å². The van der Waals surface area contributed by atoms with Crippen molar-refractivity contribution in [3.8, 4) is 17.5 Å². The van der Waals surface area contributed by atoms with Gasteiger partial charge in [-0.3, -0.25) is 0 Å². The number of fused-ring (bicyclic) bond motifs is 1. The lowest BCUT2D eigenvalue weighted by Crippen LogP contribution is -2.28. The van der Waals surface area contributed by atoms with Crippen molar-refractivity contribution in [3.05, 3.63) is 36.3 Å². The first kappa shape index (κ1) is 15.4. The normalized spacial score (nSPS) is 15.2. The zero-order valence-corrected chi connectivity index (χ0v) is 13.5. The molecule has 1 aliphatic rings. The van der Waals surface area contributed by atoms with Crippen LogP contribution in [0.2, 0.25) is 0 Å². The third kappa shape index (κ3) is 2.97. The van der Waals surface area contributed by atoms with E-state index >= 15 is 0 Å². The number of nitrogens with zero attached hydrogens (tertiary/aromatic N) is 5. The molecule has 25 heavy (non-hydrogen) atoms. The Balaban J connectivity index is 1.71. The van der Waals surface area contributed by atoms with Crippen LogP contribution in [0.4, 0.5) is 11.5 Å². The Labute approximate surface area is 144 Å². The van der Waals surface area contributed by atoms with Crippen LogP contribution in [0.5, 0.6) is 0 Å². The van der Waals surface area contributed by atoms with Gasteiger partial charge in [-0.1, -0.05) is 0 Å². The lowest BCUT2D eigenvalue weighted by atomic mass is 10.1. The van der Waals surface area contributed by atoms with Gasteiger partial charge in [0.05, 0.1) is 40.8 Å². The van der Waals surface area contributed by atoms with Gasteiger partial charge in [0.1, 0.15) is 0 Å². The standard InChI is InChI=1S/C17H17N7O/c18-8-11-1-4-24-15(7-11)13(9-21-24)16-20-10-14(19)17(23-16)22-12-2-5-25-6-3-12/h1,4,7,9-10,12H,2-3,5-6,19H2,(H,20,22,23). The molecule has 0 unspecified atom stereocenters. The zero-order valence-electron chi connectivity index (χ0n) is 13.5. The van der Waals surface area contributed by atoms with Crippen LogP contribution in [0, 0.1) is 11.3 Å². The fourth-order valence-electron chi connectivity index (χ4n) is 2.89. The summed E-state index contributed by atoms with van der Waals surface area (Å²) in [4.78, 5) is 8.93. The van der Waals surface area contributed by atoms with Gasteiger partial charge in [-0.15, -0.1) is 0 Å². The molecule has 4 heterocycles. The first-order chi connectivity index (χ1) is 12.2. The van der Waals surface area contributed by atoms with Crippen molar-refractivity contribution in [2.24, 2.45) is 0 Å². The van der Waals surface area contributed by atoms with Gasteiger partial charge in [-0.05, 0) is 25.0 Å². The van der Waals surface area contributed by atoms with E-state index in [4.69, 9.17) is 15.7 Å². The highest BCUT2D eigenvalue weighted by Gasteiger charge is 2.17. The average Bonchev–Trinajstić information content (AvgIpc) is 3.07. The van der Waals surface area contributed by atoms with E-state index in [1.807, 2.05) is 0 Å². The van der Waals surface area contributed by atoms with Crippen molar-refractivity contribution in [2.45, 2.75) is 18.9 Å². The quantitative estimate of drug-likeness (QED) is 0.750. The molecule has 0 amide bonds. The molecule has 0 radical (unpaired) electrons. The van der Waals surface area contributed by atoms with Crippen LogP contribution in [-0.4, -0.2) is 38.8 Å². The molecule has 0 aliphatic carbocycles. The third-order valence-electron chi connectivity index (χ3n) is 4.27. The average molecular weight is 335 g/mol. The second-order valence-electron chi connectivity index (χ2n) is 5.94. The molecule has 1 aliphatic heterocycles. The molecular formula is C17H17N7O. The zero-order chi connectivity index (χ0) is 17.2. The van der Waals surface area contributed by atoms with Crippen LogP contribution in [0.3, 0.4) is 0 Å². The maximum atomic E-state index is 9.11. The van der Waals surface area contributed by atoms with E-state index < -0.39 is 0 Å². The van der Waals surface area contributed by atoms with Crippen LogP contribution in [-0.2, 0) is 4.74 Å². The minimum atomic E-state index is 0.285. The molecule has 8 heteroatoms. The largest absolute Gasteiger partial charge is 0.394 e. The Morgan fingerprint density at radius 1 is 1.32 bits per heavy atom. The molecule has 0 saturated carbocycles. The molecule has 1 fully saturated rings. The number of ether oxygens (including phenoxy) is 1. The number of anilines is 2. The van der Waals surface area contributed by atoms with Crippen molar-refractivity contribution < 1.29 is 4.74 Å². The van der Waals surface area contributed by atoms with Crippen LogP contribution in [0.25, 0.3) is 16.9 Å². The Morgan fingerprint density at radius 3 is 2.96 bits per heavy atom. The first-order valence-corrected chi connectivity index (χ1v) is 8.09. The van der Waals surface area contributed by atoms with Gasteiger partial charge >= 0.3 is 0 Å². The fourth-order valence-corrected chi connectivity index (χ4v) is 2.89. The molecule has 4 rings (SSSR count). The summed E-state index contributed by atoms with van der Waals surface area (Å²) in [6, 6.07) is 5.91. The van der Waals surface area contributed by atoms with Gasteiger partial charge in [0.2, 0.25) is 0 Å². The Kier molecular flexibility index (Phi) is 3.91. The Morgan fingerprint density at radius 2 is 2.16 bits per heavy atom. The maximum Gasteiger partial charge on any atom is 0.165 e. The van der Waals surface area contributed by atoms with E-state index in [1.54, 1.807) is 35.2 Å². The molecule has 0 atom stereocenters. The monoisotopic (exact) mass is 335 g/mol. The van der Waals surface area contributed by atoms with Crippen LogP contribution in [0.1, 0.15) is 18.4 Å². The molecular weight excluding hydrogens is 318 g/mol. The van der Waals surface area contributed by atoms with Crippen molar-refractivity contribution in [1.29, 1.82) is 5.26 Å². The van der Waals surface area contributed by atoms with Gasteiger partial charge in [0.15, 0.2) is 11.6 Å². The minimum Gasteiger partial charge on any atom is -0.394 e. The topological polar surface area (TPSA) is 114 Å². The van der Waals surface area contributed by atoms with Crippen molar-refractivity contribution >= 4 is 17.0 Å². The highest BCUT2D eigenvalue weighted by molar-refractivity contribution is 5.78. The number of pyridine rings is 1. The Hall–Kier alpha value is -3.18. The smallest absolute Gasteiger partial charge is 0.165 e. The summed E-state index contributed by atoms with van der Waals surface area (Å²) in [5.41, 5.74) is 8.64. The van der Waals surface area contributed by atoms with E-state index in [2.05, 4.69) is 26.5 Å². The number of rotatable bonds is 3. The summed E-state index contributed by atoms with van der Waals surface area (Å²) in [6.07, 6.45) is 6.87. The van der Waals surface area contributed by atoms with Gasteiger partial charge in [0, 0.05) is 25.5 Å². The minimum absolute atomic E-state index is 0.285. The van der Waals surface area contributed by atoms with Gasteiger partial charge in [-0.25, -0.2) is 14.5 Å². The lowest BCUT2D eigenvalue weighted by molar-refractivity contribution is 0.0904. The molecule has 126 valence electrons. The number of nitrogens with two attached hydrogens (primary N) is 1. The van der Waals surface area contributed by atoms with Crippen molar-refractivity contribution in [2.75, 3.05) is 24.3 Å². The number of hydrogen-bond donors (Lipinski definition) is 2. The molecule has 3 aromatic heterocycles. The third-order valence-corrected chi connectivity index (χ3v) is 4.27. The highest BCUT2D eigenvalue weighted by atomic mass is 16.5. The molecule has 3 N–H and O–H groups in total. The molecule has 0 spiro atoms. The molecule has 0 aromatic carbocycles. The Bertz CT molecular complexity index is 953. The molecule has 0 bridgehead atoms. The van der Waals surface area contributed by atoms with Crippen molar-refractivity contribution in [1.82, 2.24) is 19.6 Å². The molecule has 1 saturated heterocycles. The highest BCUT2D eigenvalue weighted by Crippen LogP contribution is 2.26. The summed E-state index contributed by atoms with van der Waals surface area (Å²) in [6.45, 7) is 1.47. The first-order valence-electron chi connectivity index (χ1n) is 8.09.